The molecule has 32 heavy (non-hydrogen) atoms. The van der Waals surface area contributed by atoms with Crippen molar-refractivity contribution in [2.75, 3.05) is 4.90 Å². The van der Waals surface area contributed by atoms with Gasteiger partial charge in [0.05, 0.1) is 18.7 Å². The van der Waals surface area contributed by atoms with E-state index >= 15 is 0 Å². The lowest BCUT2D eigenvalue weighted by molar-refractivity contribution is -0.136. The van der Waals surface area contributed by atoms with Gasteiger partial charge in [0.2, 0.25) is 0 Å². The summed E-state index contributed by atoms with van der Waals surface area (Å²) in [4.78, 5) is 28.3. The van der Waals surface area contributed by atoms with Gasteiger partial charge in [0.15, 0.2) is 11.4 Å². The van der Waals surface area contributed by atoms with Crippen molar-refractivity contribution in [2.24, 2.45) is 0 Å². The molecule has 4 rings (SSSR count). The molecular formula is C27H26ClNO3. The van der Waals surface area contributed by atoms with Crippen molar-refractivity contribution in [2.45, 2.75) is 45.3 Å². The summed E-state index contributed by atoms with van der Waals surface area (Å²) in [6, 6.07) is 20.2. The van der Waals surface area contributed by atoms with Gasteiger partial charge in [-0.05, 0) is 53.8 Å². The average molecular weight is 448 g/mol. The SMILES string of the molecule is Cc1ccc(C(C)C)cc1C(=O)C[C@]1(O)C(=O)N(Cc2ccc(Cl)cc2)c2ccccc21. The van der Waals surface area contributed by atoms with Crippen molar-refractivity contribution >= 4 is 29.0 Å². The number of carbonyl (C=O) groups excluding carboxylic acids is 2. The van der Waals surface area contributed by atoms with E-state index < -0.39 is 11.5 Å². The molecule has 164 valence electrons. The highest BCUT2D eigenvalue weighted by Crippen LogP contribution is 2.43. The first-order valence-corrected chi connectivity index (χ1v) is 11.1. The minimum absolute atomic E-state index is 0.246. The number of ketones is 1. The van der Waals surface area contributed by atoms with Crippen molar-refractivity contribution in [1.29, 1.82) is 0 Å². The quantitative estimate of drug-likeness (QED) is 0.487. The van der Waals surface area contributed by atoms with Gasteiger partial charge in [-0.25, -0.2) is 0 Å². The highest BCUT2D eigenvalue weighted by molar-refractivity contribution is 6.30. The third-order valence-corrected chi connectivity index (χ3v) is 6.39. The summed E-state index contributed by atoms with van der Waals surface area (Å²) < 4.78 is 0. The third kappa shape index (κ3) is 3.96. The first-order chi connectivity index (χ1) is 15.2. The topological polar surface area (TPSA) is 57.6 Å². The maximum atomic E-state index is 13.5. The van der Waals surface area contributed by atoms with Gasteiger partial charge < -0.3 is 10.0 Å². The number of hydrogen-bond donors (Lipinski definition) is 1. The van der Waals surface area contributed by atoms with Gasteiger partial charge in [-0.3, -0.25) is 9.59 Å². The van der Waals surface area contributed by atoms with E-state index in [0.29, 0.717) is 21.8 Å². The normalized spacial score (nSPS) is 17.7. The lowest BCUT2D eigenvalue weighted by Gasteiger charge is -2.23. The maximum absolute atomic E-state index is 13.5. The molecule has 1 heterocycles. The number of carbonyl (C=O) groups is 2. The van der Waals surface area contributed by atoms with Crippen LogP contribution in [0.2, 0.25) is 5.02 Å². The van der Waals surface area contributed by atoms with Crippen LogP contribution in [0.15, 0.2) is 66.7 Å². The summed E-state index contributed by atoms with van der Waals surface area (Å²) in [5.74, 6) is -0.461. The first-order valence-electron chi connectivity index (χ1n) is 10.7. The molecule has 1 N–H and O–H groups in total. The number of anilines is 1. The van der Waals surface area contributed by atoms with Gasteiger partial charge in [-0.2, -0.15) is 0 Å². The second kappa shape index (κ2) is 8.53. The largest absolute Gasteiger partial charge is 0.375 e. The molecule has 3 aromatic carbocycles. The Morgan fingerprint density at radius 1 is 1.06 bits per heavy atom. The molecule has 0 saturated carbocycles. The van der Waals surface area contributed by atoms with Crippen LogP contribution in [0.5, 0.6) is 0 Å². The lowest BCUT2D eigenvalue weighted by atomic mass is 9.86. The molecule has 0 aliphatic carbocycles. The second-order valence-electron chi connectivity index (χ2n) is 8.72. The smallest absolute Gasteiger partial charge is 0.264 e. The van der Waals surface area contributed by atoms with Crippen LogP contribution in [0.4, 0.5) is 5.69 Å². The Morgan fingerprint density at radius 2 is 1.75 bits per heavy atom. The number of nitrogens with zero attached hydrogens (tertiary/aromatic N) is 1. The summed E-state index contributed by atoms with van der Waals surface area (Å²) in [7, 11) is 0. The minimum Gasteiger partial charge on any atom is -0.375 e. The van der Waals surface area contributed by atoms with Gasteiger partial charge in [-0.1, -0.05) is 67.9 Å². The number of halogens is 1. The molecule has 4 nitrogen and oxygen atoms in total. The van der Waals surface area contributed by atoms with Crippen molar-refractivity contribution in [1.82, 2.24) is 0 Å². The van der Waals surface area contributed by atoms with E-state index in [1.54, 1.807) is 35.2 Å². The summed E-state index contributed by atoms with van der Waals surface area (Å²) >= 11 is 5.98. The van der Waals surface area contributed by atoms with Crippen molar-refractivity contribution in [3.05, 3.63) is 99.6 Å². The Balaban J connectivity index is 1.68. The first kappa shape index (κ1) is 22.3. The van der Waals surface area contributed by atoms with Crippen molar-refractivity contribution in [3.63, 3.8) is 0 Å². The summed E-state index contributed by atoms with van der Waals surface area (Å²) in [5.41, 5.74) is 2.49. The van der Waals surface area contributed by atoms with Crippen LogP contribution in [-0.2, 0) is 16.9 Å². The van der Waals surface area contributed by atoms with Crippen LogP contribution in [0, 0.1) is 6.92 Å². The molecular weight excluding hydrogens is 422 g/mol. The van der Waals surface area contributed by atoms with Crippen molar-refractivity contribution in [3.8, 4) is 0 Å². The molecule has 0 fully saturated rings. The lowest BCUT2D eigenvalue weighted by Crippen LogP contribution is -2.41. The Hall–Kier alpha value is -2.95. The van der Waals surface area contributed by atoms with E-state index in [0.717, 1.165) is 16.7 Å². The number of fused-ring (bicyclic) bond motifs is 1. The number of amides is 1. The summed E-state index contributed by atoms with van der Waals surface area (Å²) in [5, 5.41) is 12.2. The zero-order valence-corrected chi connectivity index (χ0v) is 19.2. The summed E-state index contributed by atoms with van der Waals surface area (Å²) in [6.07, 6.45) is -0.303. The van der Waals surface area contributed by atoms with Crippen LogP contribution >= 0.6 is 11.6 Å². The molecule has 1 amide bonds. The fourth-order valence-electron chi connectivity index (χ4n) is 4.23. The maximum Gasteiger partial charge on any atom is 0.264 e. The zero-order valence-electron chi connectivity index (χ0n) is 18.4. The number of rotatable bonds is 6. The third-order valence-electron chi connectivity index (χ3n) is 6.14. The Kier molecular flexibility index (Phi) is 5.93. The molecule has 0 radical (unpaired) electrons. The molecule has 3 aromatic rings. The van der Waals surface area contributed by atoms with E-state index in [-0.39, 0.29) is 24.7 Å². The Morgan fingerprint density at radius 3 is 2.44 bits per heavy atom. The fourth-order valence-corrected chi connectivity index (χ4v) is 4.36. The molecule has 0 bridgehead atoms. The zero-order chi connectivity index (χ0) is 23.0. The second-order valence-corrected chi connectivity index (χ2v) is 9.16. The van der Waals surface area contributed by atoms with Crippen LogP contribution in [-0.4, -0.2) is 16.8 Å². The standard InChI is InChI=1S/C27H26ClNO3/c1-17(2)20-11-8-18(3)22(14-20)25(30)15-27(32)23-6-4-5-7-24(23)29(26(27)31)16-19-9-12-21(28)13-10-19/h4-14,17,32H,15-16H2,1-3H3/t27-/m1/s1. The van der Waals surface area contributed by atoms with Crippen molar-refractivity contribution < 1.29 is 14.7 Å². The number of aryl methyl sites for hydroxylation is 1. The molecule has 1 aliphatic heterocycles. The minimum atomic E-state index is -1.90. The van der Waals surface area contributed by atoms with Crippen LogP contribution in [0.1, 0.15) is 58.8 Å². The highest BCUT2D eigenvalue weighted by Gasteiger charge is 2.50. The molecule has 5 heteroatoms. The summed E-state index contributed by atoms with van der Waals surface area (Å²) in [6.45, 7) is 6.29. The van der Waals surface area contributed by atoms with Crippen LogP contribution in [0.25, 0.3) is 0 Å². The molecule has 0 aromatic heterocycles. The van der Waals surface area contributed by atoms with Gasteiger partial charge in [0, 0.05) is 16.1 Å². The Bertz CT molecular complexity index is 1190. The van der Waals surface area contributed by atoms with E-state index in [1.165, 1.54) is 0 Å². The fraction of sp³-hybridized carbons (Fsp3) is 0.259. The number of benzene rings is 3. The van der Waals surface area contributed by atoms with Crippen LogP contribution < -0.4 is 4.90 Å². The van der Waals surface area contributed by atoms with Crippen LogP contribution in [0.3, 0.4) is 0 Å². The predicted molar refractivity (Wildman–Crippen MR) is 127 cm³/mol. The molecule has 1 aliphatic rings. The van der Waals surface area contributed by atoms with E-state index in [9.17, 15) is 14.7 Å². The number of Topliss-reactive ketones (excluding diaryl/α,β-unsaturated/α-hetero) is 1. The number of hydrogen-bond acceptors (Lipinski definition) is 3. The Labute approximate surface area is 193 Å². The molecule has 1 atom stereocenters. The molecule has 0 saturated heterocycles. The molecule has 0 spiro atoms. The van der Waals surface area contributed by atoms with E-state index in [4.69, 9.17) is 11.6 Å². The number of aliphatic hydroxyl groups is 1. The van der Waals surface area contributed by atoms with E-state index in [1.807, 2.05) is 43.3 Å². The molecule has 0 unspecified atom stereocenters. The highest BCUT2D eigenvalue weighted by atomic mass is 35.5. The predicted octanol–water partition coefficient (Wildman–Crippen LogP) is 5.78. The number of para-hydroxylation sites is 1. The van der Waals surface area contributed by atoms with E-state index in [2.05, 4.69) is 13.8 Å². The van der Waals surface area contributed by atoms with Gasteiger partial charge in [0.25, 0.3) is 5.91 Å². The average Bonchev–Trinajstić information content (AvgIpc) is 2.97. The van der Waals surface area contributed by atoms with Gasteiger partial charge in [0.1, 0.15) is 0 Å². The van der Waals surface area contributed by atoms with Gasteiger partial charge in [-0.15, -0.1) is 0 Å². The monoisotopic (exact) mass is 447 g/mol. The van der Waals surface area contributed by atoms with Gasteiger partial charge >= 0.3 is 0 Å².